The number of nitrogens with one attached hydrogen (secondary N) is 2. The highest BCUT2D eigenvalue weighted by Crippen LogP contribution is 2.21. The quantitative estimate of drug-likeness (QED) is 0.257. The Bertz CT molecular complexity index is 1580. The molecule has 3 heterocycles. The molecule has 0 atom stereocenters. The Balaban J connectivity index is 1.19. The Morgan fingerprint density at radius 3 is 2.62 bits per heavy atom. The summed E-state index contributed by atoms with van der Waals surface area (Å²) < 4.78 is 33.0. The van der Waals surface area contributed by atoms with Crippen molar-refractivity contribution in [1.29, 1.82) is 0 Å². The minimum absolute atomic E-state index is 0.00965. The molecule has 1 saturated heterocycles. The SMILES string of the molecule is O=C(NCc1ccccc1S(=O)(=O)N1CCOCC1)c1csc(CCN(Cc2nc3ccccc3[nH]2)C(=O)O)n1. The van der Waals surface area contributed by atoms with Crippen LogP contribution >= 0.6 is 11.3 Å². The lowest BCUT2D eigenvalue weighted by Gasteiger charge is -2.27. The van der Waals surface area contributed by atoms with Gasteiger partial charge in [-0.05, 0) is 23.8 Å². The molecule has 2 aromatic heterocycles. The Labute approximate surface area is 234 Å². The topological polar surface area (TPSA) is 158 Å². The highest BCUT2D eigenvalue weighted by atomic mass is 32.2. The second-order valence-corrected chi connectivity index (χ2v) is 11.9. The van der Waals surface area contributed by atoms with Gasteiger partial charge in [-0.3, -0.25) is 4.79 Å². The number of rotatable bonds is 10. The number of carboxylic acid groups (broad SMARTS) is 1. The normalized spacial score (nSPS) is 14.3. The Kier molecular flexibility index (Phi) is 8.40. The van der Waals surface area contributed by atoms with Crippen LogP contribution in [0.5, 0.6) is 0 Å². The number of benzene rings is 2. The van der Waals surface area contributed by atoms with E-state index < -0.39 is 22.0 Å². The first-order valence-electron chi connectivity index (χ1n) is 12.6. The molecule has 0 aliphatic carbocycles. The number of morpholine rings is 1. The first-order chi connectivity index (χ1) is 19.3. The van der Waals surface area contributed by atoms with Gasteiger partial charge in [0.25, 0.3) is 5.91 Å². The van der Waals surface area contributed by atoms with E-state index in [1.807, 2.05) is 24.3 Å². The fraction of sp³-hybridized carbons (Fsp3) is 0.308. The molecule has 0 saturated carbocycles. The molecule has 0 spiro atoms. The third kappa shape index (κ3) is 6.31. The predicted molar refractivity (Wildman–Crippen MR) is 148 cm³/mol. The average molecular weight is 585 g/mol. The number of imidazole rings is 1. The smallest absolute Gasteiger partial charge is 0.407 e. The molecular formula is C26H28N6O6S2. The third-order valence-corrected chi connectivity index (χ3v) is 9.34. The molecule has 0 unspecified atom stereocenters. The number of hydrogen-bond donors (Lipinski definition) is 3. The van der Waals surface area contributed by atoms with Gasteiger partial charge in [0.2, 0.25) is 10.0 Å². The van der Waals surface area contributed by atoms with Crippen molar-refractivity contribution in [3.63, 3.8) is 0 Å². The average Bonchev–Trinajstić information content (AvgIpc) is 3.61. The van der Waals surface area contributed by atoms with Crippen molar-refractivity contribution in [2.75, 3.05) is 32.8 Å². The van der Waals surface area contributed by atoms with E-state index in [1.165, 1.54) is 26.6 Å². The number of fused-ring (bicyclic) bond motifs is 1. The molecule has 1 aliphatic heterocycles. The van der Waals surface area contributed by atoms with E-state index in [1.54, 1.807) is 23.6 Å². The number of aromatic nitrogens is 3. The van der Waals surface area contributed by atoms with Gasteiger partial charge in [-0.15, -0.1) is 11.3 Å². The van der Waals surface area contributed by atoms with E-state index >= 15 is 0 Å². The summed E-state index contributed by atoms with van der Waals surface area (Å²) in [5, 5.41) is 14.6. The maximum atomic E-state index is 13.2. The van der Waals surface area contributed by atoms with Gasteiger partial charge in [-0.1, -0.05) is 30.3 Å². The lowest BCUT2D eigenvalue weighted by Crippen LogP contribution is -2.41. The summed E-state index contributed by atoms with van der Waals surface area (Å²) >= 11 is 1.26. The van der Waals surface area contributed by atoms with Gasteiger partial charge in [0, 0.05) is 38.0 Å². The Morgan fingerprint density at radius 2 is 1.85 bits per heavy atom. The van der Waals surface area contributed by atoms with Gasteiger partial charge in [-0.2, -0.15) is 4.31 Å². The summed E-state index contributed by atoms with van der Waals surface area (Å²) in [7, 11) is -3.73. The van der Waals surface area contributed by atoms with Crippen molar-refractivity contribution in [3.05, 3.63) is 76.0 Å². The number of aromatic amines is 1. The fourth-order valence-electron chi connectivity index (χ4n) is 4.36. The Morgan fingerprint density at radius 1 is 1.10 bits per heavy atom. The summed E-state index contributed by atoms with van der Waals surface area (Å²) in [6, 6.07) is 14.0. The van der Waals surface area contributed by atoms with Crippen LogP contribution in [0.4, 0.5) is 4.79 Å². The molecular weight excluding hydrogens is 556 g/mol. The molecule has 5 rings (SSSR count). The third-order valence-electron chi connectivity index (χ3n) is 6.43. The molecule has 2 aromatic carbocycles. The fourth-order valence-corrected chi connectivity index (χ4v) is 6.76. The number of carbonyl (C=O) groups excluding carboxylic acids is 1. The van der Waals surface area contributed by atoms with Crippen LogP contribution < -0.4 is 5.32 Å². The second kappa shape index (κ2) is 12.1. The first-order valence-corrected chi connectivity index (χ1v) is 14.9. The Hall–Kier alpha value is -3.85. The van der Waals surface area contributed by atoms with Crippen LogP contribution in [0.15, 0.2) is 58.8 Å². The van der Waals surface area contributed by atoms with Crippen molar-refractivity contribution in [2.24, 2.45) is 0 Å². The van der Waals surface area contributed by atoms with Gasteiger partial charge < -0.3 is 25.0 Å². The number of amides is 2. The molecule has 0 radical (unpaired) electrons. The molecule has 3 N–H and O–H groups in total. The molecule has 14 heteroatoms. The van der Waals surface area contributed by atoms with Crippen molar-refractivity contribution in [2.45, 2.75) is 24.4 Å². The second-order valence-electron chi connectivity index (χ2n) is 9.09. The van der Waals surface area contributed by atoms with Gasteiger partial charge >= 0.3 is 6.09 Å². The maximum Gasteiger partial charge on any atom is 0.407 e. The highest BCUT2D eigenvalue weighted by molar-refractivity contribution is 7.89. The predicted octanol–water partition coefficient (Wildman–Crippen LogP) is 2.69. The van der Waals surface area contributed by atoms with Gasteiger partial charge in [-0.25, -0.2) is 23.2 Å². The van der Waals surface area contributed by atoms with Crippen molar-refractivity contribution < 1.29 is 27.9 Å². The minimum Gasteiger partial charge on any atom is -0.465 e. The van der Waals surface area contributed by atoms with E-state index in [2.05, 4.69) is 20.3 Å². The number of H-pyrrole nitrogens is 1. The molecule has 4 aromatic rings. The standard InChI is InChI=1S/C26H28N6O6S2/c33-25(27-15-18-5-1-4-8-22(18)40(36,37)32-11-13-38-14-12-32)21-17-39-24(30-21)9-10-31(26(34)35)16-23-28-19-6-2-3-7-20(19)29-23/h1-8,17H,9-16H2,(H,27,33)(H,28,29)(H,34,35). The lowest BCUT2D eigenvalue weighted by molar-refractivity contribution is 0.0730. The van der Waals surface area contributed by atoms with Crippen molar-refractivity contribution >= 4 is 44.4 Å². The molecule has 12 nitrogen and oxygen atoms in total. The number of carbonyl (C=O) groups is 2. The number of sulfonamides is 1. The molecule has 40 heavy (non-hydrogen) atoms. The number of hydrogen-bond acceptors (Lipinski definition) is 8. The van der Waals surface area contributed by atoms with E-state index in [0.29, 0.717) is 36.0 Å². The molecule has 2 amide bonds. The van der Waals surface area contributed by atoms with Crippen molar-refractivity contribution in [3.8, 4) is 0 Å². The van der Waals surface area contributed by atoms with Crippen molar-refractivity contribution in [1.82, 2.24) is 29.5 Å². The lowest BCUT2D eigenvalue weighted by atomic mass is 10.2. The van der Waals surface area contributed by atoms with Crippen LogP contribution in [0.25, 0.3) is 11.0 Å². The minimum atomic E-state index is -3.73. The molecule has 1 fully saturated rings. The van der Waals surface area contributed by atoms with Crippen LogP contribution in [0, 0.1) is 0 Å². The maximum absolute atomic E-state index is 13.2. The summed E-state index contributed by atoms with van der Waals surface area (Å²) in [5.74, 6) is 0.0946. The van der Waals surface area contributed by atoms with Gasteiger partial charge in [0.15, 0.2) is 0 Å². The number of thiazole rings is 1. The van der Waals surface area contributed by atoms with Gasteiger partial charge in [0.05, 0.1) is 40.7 Å². The molecule has 210 valence electrons. The van der Waals surface area contributed by atoms with Crippen LogP contribution in [0.1, 0.15) is 26.9 Å². The van der Waals surface area contributed by atoms with Crippen LogP contribution in [0.2, 0.25) is 0 Å². The first kappa shape index (κ1) is 27.7. The van der Waals surface area contributed by atoms with Crippen LogP contribution in [-0.2, 0) is 34.3 Å². The number of para-hydroxylation sites is 2. The molecule has 1 aliphatic rings. The van der Waals surface area contributed by atoms with Gasteiger partial charge in [0.1, 0.15) is 11.5 Å². The van der Waals surface area contributed by atoms with Crippen LogP contribution in [-0.4, -0.2) is 82.5 Å². The summed E-state index contributed by atoms with van der Waals surface area (Å²) in [4.78, 5) is 37.9. The van der Waals surface area contributed by atoms with E-state index in [-0.39, 0.29) is 43.3 Å². The molecule has 0 bridgehead atoms. The summed E-state index contributed by atoms with van der Waals surface area (Å²) in [6.45, 7) is 1.52. The zero-order chi connectivity index (χ0) is 28.1. The monoisotopic (exact) mass is 584 g/mol. The number of nitrogens with zero attached hydrogens (tertiary/aromatic N) is 4. The summed E-state index contributed by atoms with van der Waals surface area (Å²) in [6.07, 6.45) is -0.758. The summed E-state index contributed by atoms with van der Waals surface area (Å²) in [5.41, 5.74) is 2.26. The number of ether oxygens (including phenoxy) is 1. The van der Waals surface area contributed by atoms with Crippen LogP contribution in [0.3, 0.4) is 0 Å². The largest absolute Gasteiger partial charge is 0.465 e. The zero-order valence-electron chi connectivity index (χ0n) is 21.4. The highest BCUT2D eigenvalue weighted by Gasteiger charge is 2.28. The van der Waals surface area contributed by atoms with E-state index in [4.69, 9.17) is 4.74 Å². The van der Waals surface area contributed by atoms with E-state index in [0.717, 1.165) is 11.0 Å². The van der Waals surface area contributed by atoms with E-state index in [9.17, 15) is 23.1 Å². The zero-order valence-corrected chi connectivity index (χ0v) is 23.1.